The van der Waals surface area contributed by atoms with Crippen LogP contribution in [-0.4, -0.2) is 6.18 Å². The molecule has 0 rings (SSSR count). The van der Waals surface area contributed by atoms with Crippen LogP contribution in [0.2, 0.25) is 0 Å². The molecule has 73 valence electrons. The molecule has 9 heteroatoms. The van der Waals surface area contributed by atoms with Crippen LogP contribution in [0, 0.1) is 6.92 Å². The van der Waals surface area contributed by atoms with Crippen molar-refractivity contribution >= 4 is 7.91 Å². The van der Waals surface area contributed by atoms with Crippen LogP contribution in [0.15, 0.2) is 0 Å². The van der Waals surface area contributed by atoms with Crippen LogP contribution in [0.4, 0.5) is 17.4 Å². The van der Waals surface area contributed by atoms with Gasteiger partial charge in [-0.15, -0.1) is 0 Å². The zero-order chi connectivity index (χ0) is 9.00. The van der Waals surface area contributed by atoms with Crippen molar-refractivity contribution in [2.24, 2.45) is 0 Å². The minimum Gasteiger partial charge on any atom is -0.786 e. The van der Waals surface area contributed by atoms with Gasteiger partial charge in [0.05, 0.1) is 0 Å². The van der Waals surface area contributed by atoms with Gasteiger partial charge in [-0.2, -0.15) is 0 Å². The summed E-state index contributed by atoms with van der Waals surface area (Å²) < 4.78 is 49.3. The van der Waals surface area contributed by atoms with Gasteiger partial charge in [-0.05, 0) is 0 Å². The molecule has 0 unspecified atom stereocenters. The molecule has 0 saturated carbocycles. The van der Waals surface area contributed by atoms with E-state index in [2.05, 4.69) is 0 Å². The molecular formula is C2H2CuF4O3P-. The van der Waals surface area contributed by atoms with Gasteiger partial charge >= 0.3 is 17.1 Å². The first-order valence-corrected chi connectivity index (χ1v) is 3.07. The first-order valence-electron chi connectivity index (χ1n) is 1.64. The third-order valence-electron chi connectivity index (χ3n) is 0. The summed E-state index contributed by atoms with van der Waals surface area (Å²) in [4.78, 5) is 16.9. The summed E-state index contributed by atoms with van der Waals surface area (Å²) in [5.74, 6) is 0. The van der Waals surface area contributed by atoms with Crippen molar-refractivity contribution in [3.63, 3.8) is 0 Å². The Labute approximate surface area is 70.5 Å². The van der Waals surface area contributed by atoms with E-state index in [1.54, 1.807) is 6.92 Å². The minimum atomic E-state index is -5.64. The minimum absolute atomic E-state index is 0. The molecule has 0 aliphatic rings. The van der Waals surface area contributed by atoms with E-state index in [-0.39, 0.29) is 17.1 Å². The third kappa shape index (κ3) is 4820. The molecule has 0 heterocycles. The molecule has 0 fully saturated rings. The van der Waals surface area contributed by atoms with Gasteiger partial charge in [-0.3, -0.25) is 0 Å². The number of alkyl halides is 3. The van der Waals surface area contributed by atoms with Crippen molar-refractivity contribution in [3.05, 3.63) is 6.92 Å². The van der Waals surface area contributed by atoms with E-state index in [0.717, 1.165) is 0 Å². The van der Waals surface area contributed by atoms with E-state index in [9.17, 15) is 17.4 Å². The smallest absolute Gasteiger partial charge is 0.786 e. The summed E-state index contributed by atoms with van der Waals surface area (Å²) in [5.41, 5.74) is 0. The predicted molar refractivity (Wildman–Crippen MR) is 20.1 cm³/mol. The summed E-state index contributed by atoms with van der Waals surface area (Å²) in [6.45, 7) is 1.77. The molecule has 0 N–H and O–H groups in total. The van der Waals surface area contributed by atoms with Crippen molar-refractivity contribution < 1.29 is 48.8 Å². The molecule has 3 nitrogen and oxygen atoms in total. The van der Waals surface area contributed by atoms with Gasteiger partial charge in [-0.1, -0.05) is 0 Å². The quantitative estimate of drug-likeness (QED) is 0.264. The molecular weight excluding hydrogens is 243 g/mol. The number of hydrogen-bond donors (Lipinski definition) is 0. The van der Waals surface area contributed by atoms with Gasteiger partial charge in [0.15, 0.2) is 0 Å². The fraction of sp³-hybridized carbons (Fsp3) is 0.500. The molecule has 0 aromatic rings. The van der Waals surface area contributed by atoms with Crippen LogP contribution < -0.4 is 9.79 Å². The third-order valence-corrected chi connectivity index (χ3v) is 0. The van der Waals surface area contributed by atoms with Crippen LogP contribution in [0.3, 0.4) is 0 Å². The standard InChI is InChI=1S/C2H2F3.Cu.FH2O3P/c1-2(3,4)5;;1-5(2,3)4/h1H2;;(H2,2,3,4)/q-1;+2;/p-2. The number of hydrogen-bond acceptors (Lipinski definition) is 3. The molecule has 0 aliphatic heterocycles. The second-order valence-electron chi connectivity index (χ2n) is 1.05. The molecule has 0 saturated heterocycles. The average molecular weight is 245 g/mol. The van der Waals surface area contributed by atoms with Crippen LogP contribution in [-0.2, 0) is 21.6 Å². The Morgan fingerprint density at radius 3 is 1.27 bits per heavy atom. The second kappa shape index (κ2) is 5.97. The van der Waals surface area contributed by atoms with Gasteiger partial charge in [0.2, 0.25) is 0 Å². The largest absolute Gasteiger partial charge is 2.00 e. The van der Waals surface area contributed by atoms with Gasteiger partial charge in [0, 0.05) is 0 Å². The molecule has 0 amide bonds. The Kier molecular flexibility index (Phi) is 9.48. The molecule has 11 heavy (non-hydrogen) atoms. The van der Waals surface area contributed by atoms with Crippen molar-refractivity contribution in [2.75, 3.05) is 0 Å². The van der Waals surface area contributed by atoms with Crippen molar-refractivity contribution in [2.45, 2.75) is 6.18 Å². The first-order chi connectivity index (χ1) is 4.00. The zero-order valence-electron chi connectivity index (χ0n) is 4.69. The van der Waals surface area contributed by atoms with Crippen LogP contribution in [0.1, 0.15) is 0 Å². The van der Waals surface area contributed by atoms with Crippen molar-refractivity contribution in [1.82, 2.24) is 0 Å². The van der Waals surface area contributed by atoms with Crippen LogP contribution in [0.25, 0.3) is 0 Å². The molecule has 0 aromatic heterocycles. The van der Waals surface area contributed by atoms with Crippen LogP contribution in [0.5, 0.6) is 0 Å². The Hall–Kier alpha value is 0.389. The average Bonchev–Trinajstić information content (AvgIpc) is 1.12. The Morgan fingerprint density at radius 2 is 1.27 bits per heavy atom. The van der Waals surface area contributed by atoms with E-state index in [4.69, 9.17) is 14.4 Å². The fourth-order valence-corrected chi connectivity index (χ4v) is 0. The summed E-state index contributed by atoms with van der Waals surface area (Å²) in [6, 6.07) is 0. The van der Waals surface area contributed by atoms with E-state index in [1.165, 1.54) is 0 Å². The van der Waals surface area contributed by atoms with Gasteiger partial charge in [0.1, 0.15) is 7.91 Å². The van der Waals surface area contributed by atoms with Crippen molar-refractivity contribution in [3.8, 4) is 0 Å². The molecule has 0 aromatic carbocycles. The SMILES string of the molecule is O=P([O-])([O-])F.[CH2-]C(F)(F)F.[Cu+2]. The topological polar surface area (TPSA) is 63.2 Å². The Bertz CT molecular complexity index is 116. The molecule has 1 radical (unpaired) electrons. The molecule has 0 bridgehead atoms. The molecule has 0 atom stereocenters. The maximum atomic E-state index is 10.2. The maximum absolute atomic E-state index is 10.2. The second-order valence-corrected chi connectivity index (χ2v) is 1.91. The van der Waals surface area contributed by atoms with E-state index in [1.807, 2.05) is 0 Å². The normalized spacial score (nSPS) is 10.8. The van der Waals surface area contributed by atoms with E-state index in [0.29, 0.717) is 0 Å². The van der Waals surface area contributed by atoms with E-state index < -0.39 is 14.1 Å². The Morgan fingerprint density at radius 1 is 1.27 bits per heavy atom. The number of halogens is 4. The Balaban J connectivity index is -0.000000107. The van der Waals surface area contributed by atoms with Crippen LogP contribution >= 0.6 is 7.91 Å². The van der Waals surface area contributed by atoms with Gasteiger partial charge < -0.3 is 14.4 Å². The van der Waals surface area contributed by atoms with E-state index >= 15 is 0 Å². The monoisotopic (exact) mass is 244 g/mol. The zero-order valence-corrected chi connectivity index (χ0v) is 6.53. The maximum Gasteiger partial charge on any atom is 2.00 e. The summed E-state index contributed by atoms with van der Waals surface area (Å²) in [7, 11) is -5.64. The van der Waals surface area contributed by atoms with Gasteiger partial charge in [0.25, 0.3) is 6.18 Å². The molecule has 0 spiro atoms. The summed E-state index contributed by atoms with van der Waals surface area (Å²) >= 11 is 0. The van der Waals surface area contributed by atoms with Gasteiger partial charge in [-0.25, -0.2) is 24.3 Å². The summed E-state index contributed by atoms with van der Waals surface area (Å²) in [5, 5.41) is 0. The summed E-state index contributed by atoms with van der Waals surface area (Å²) in [6.07, 6.45) is -4.25. The number of rotatable bonds is 0. The van der Waals surface area contributed by atoms with Crippen molar-refractivity contribution in [1.29, 1.82) is 0 Å². The fourth-order valence-electron chi connectivity index (χ4n) is 0. The first kappa shape index (κ1) is 17.5. The molecule has 0 aliphatic carbocycles. The predicted octanol–water partition coefficient (Wildman–Crippen LogP) is 0.165.